The second-order valence-corrected chi connectivity index (χ2v) is 4.44. The summed E-state index contributed by atoms with van der Waals surface area (Å²) in [6.45, 7) is 3.67. The van der Waals surface area contributed by atoms with Gasteiger partial charge in [-0.2, -0.15) is 13.2 Å². The van der Waals surface area contributed by atoms with E-state index in [1.54, 1.807) is 13.8 Å². The van der Waals surface area contributed by atoms with E-state index < -0.39 is 23.3 Å². The van der Waals surface area contributed by atoms with Crippen LogP contribution in [-0.4, -0.2) is 27.7 Å². The molecule has 0 spiro atoms. The second kappa shape index (κ2) is 5.71. The van der Waals surface area contributed by atoms with Crippen LogP contribution in [0.15, 0.2) is 6.07 Å². The SMILES string of the molecule is CC(C)C(O)CNc1cc(C(F)(F)F)nc(Cl)n1. The highest BCUT2D eigenvalue weighted by atomic mass is 35.5. The number of aromatic nitrogens is 2. The molecule has 0 radical (unpaired) electrons. The van der Waals surface area contributed by atoms with E-state index in [2.05, 4.69) is 15.3 Å². The molecular formula is C10H13ClF3N3O. The largest absolute Gasteiger partial charge is 0.433 e. The van der Waals surface area contributed by atoms with Crippen molar-refractivity contribution in [1.82, 2.24) is 9.97 Å². The number of halogens is 4. The number of alkyl halides is 3. The fourth-order valence-electron chi connectivity index (χ4n) is 1.10. The third kappa shape index (κ3) is 4.30. The van der Waals surface area contributed by atoms with Crippen LogP contribution >= 0.6 is 11.6 Å². The molecule has 0 aliphatic rings. The molecule has 0 saturated heterocycles. The molecule has 0 bridgehead atoms. The zero-order chi connectivity index (χ0) is 13.9. The van der Waals surface area contributed by atoms with Crippen molar-refractivity contribution in [2.45, 2.75) is 26.1 Å². The lowest BCUT2D eigenvalue weighted by Crippen LogP contribution is -2.25. The van der Waals surface area contributed by atoms with Gasteiger partial charge in [-0.05, 0) is 17.5 Å². The molecular weight excluding hydrogens is 271 g/mol. The predicted molar refractivity (Wildman–Crippen MR) is 61.4 cm³/mol. The first-order valence-electron chi connectivity index (χ1n) is 5.24. The molecule has 1 aromatic heterocycles. The molecule has 0 fully saturated rings. The van der Waals surface area contributed by atoms with E-state index in [1.807, 2.05) is 0 Å². The van der Waals surface area contributed by atoms with Gasteiger partial charge in [-0.15, -0.1) is 0 Å². The van der Waals surface area contributed by atoms with Crippen molar-refractivity contribution >= 4 is 17.4 Å². The summed E-state index contributed by atoms with van der Waals surface area (Å²) in [5.74, 6) is -0.0843. The van der Waals surface area contributed by atoms with Crippen molar-refractivity contribution in [1.29, 1.82) is 0 Å². The summed E-state index contributed by atoms with van der Waals surface area (Å²) >= 11 is 5.41. The van der Waals surface area contributed by atoms with Gasteiger partial charge in [-0.1, -0.05) is 13.8 Å². The van der Waals surface area contributed by atoms with Crippen LogP contribution in [0.2, 0.25) is 5.28 Å². The number of hydrogen-bond donors (Lipinski definition) is 2. The maximum Gasteiger partial charge on any atom is 0.433 e. The summed E-state index contributed by atoms with van der Waals surface area (Å²) in [6, 6.07) is 0.749. The van der Waals surface area contributed by atoms with Crippen molar-refractivity contribution in [3.63, 3.8) is 0 Å². The molecule has 0 aromatic carbocycles. The molecule has 4 nitrogen and oxygen atoms in total. The number of nitrogens with zero attached hydrogens (tertiary/aromatic N) is 2. The average Bonchev–Trinajstić information content (AvgIpc) is 2.23. The first-order valence-corrected chi connectivity index (χ1v) is 5.61. The lowest BCUT2D eigenvalue weighted by Gasteiger charge is -2.16. The van der Waals surface area contributed by atoms with Gasteiger partial charge in [0.1, 0.15) is 5.82 Å². The third-order valence-electron chi connectivity index (χ3n) is 2.25. The van der Waals surface area contributed by atoms with Crippen LogP contribution in [-0.2, 0) is 6.18 Å². The maximum atomic E-state index is 12.4. The Labute approximate surface area is 107 Å². The normalized spacial score (nSPS) is 13.8. The Bertz CT molecular complexity index is 412. The van der Waals surface area contributed by atoms with Gasteiger partial charge in [0.15, 0.2) is 5.69 Å². The fraction of sp³-hybridized carbons (Fsp3) is 0.600. The predicted octanol–water partition coefficient (Wildman–Crippen LogP) is 2.58. The average molecular weight is 284 g/mol. The summed E-state index contributed by atoms with van der Waals surface area (Å²) in [5.41, 5.74) is -1.12. The summed E-state index contributed by atoms with van der Waals surface area (Å²) in [4.78, 5) is 6.70. The van der Waals surface area contributed by atoms with Crippen LogP contribution in [0.5, 0.6) is 0 Å². The van der Waals surface area contributed by atoms with Crippen molar-refractivity contribution in [2.24, 2.45) is 5.92 Å². The number of hydrogen-bond acceptors (Lipinski definition) is 4. The summed E-state index contributed by atoms with van der Waals surface area (Å²) in [7, 11) is 0. The Morgan fingerprint density at radius 2 is 2.00 bits per heavy atom. The molecule has 8 heteroatoms. The number of aliphatic hydroxyl groups is 1. The van der Waals surface area contributed by atoms with E-state index >= 15 is 0 Å². The summed E-state index contributed by atoms with van der Waals surface area (Å²) in [5, 5.41) is 11.6. The van der Waals surface area contributed by atoms with Crippen LogP contribution in [0.4, 0.5) is 19.0 Å². The molecule has 18 heavy (non-hydrogen) atoms. The topological polar surface area (TPSA) is 58.0 Å². The van der Waals surface area contributed by atoms with Crippen LogP contribution in [0.25, 0.3) is 0 Å². The fourth-order valence-corrected chi connectivity index (χ4v) is 1.28. The van der Waals surface area contributed by atoms with Crippen molar-refractivity contribution in [3.8, 4) is 0 Å². The van der Waals surface area contributed by atoms with Gasteiger partial charge < -0.3 is 10.4 Å². The number of anilines is 1. The molecule has 1 unspecified atom stereocenters. The molecule has 0 amide bonds. The van der Waals surface area contributed by atoms with Gasteiger partial charge in [0.05, 0.1) is 6.10 Å². The minimum atomic E-state index is -4.58. The summed E-state index contributed by atoms with van der Waals surface area (Å²) in [6.07, 6.45) is -5.27. The Morgan fingerprint density at radius 3 is 2.50 bits per heavy atom. The van der Waals surface area contributed by atoms with E-state index in [-0.39, 0.29) is 18.3 Å². The first-order chi connectivity index (χ1) is 8.20. The molecule has 0 aliphatic carbocycles. The van der Waals surface area contributed by atoms with Crippen molar-refractivity contribution < 1.29 is 18.3 Å². The molecule has 0 saturated carbocycles. The number of nitrogens with one attached hydrogen (secondary N) is 1. The lowest BCUT2D eigenvalue weighted by molar-refractivity contribution is -0.141. The highest BCUT2D eigenvalue weighted by Crippen LogP contribution is 2.29. The monoisotopic (exact) mass is 283 g/mol. The minimum Gasteiger partial charge on any atom is -0.391 e. The zero-order valence-electron chi connectivity index (χ0n) is 9.79. The van der Waals surface area contributed by atoms with Crippen LogP contribution in [0.3, 0.4) is 0 Å². The second-order valence-electron chi connectivity index (χ2n) is 4.10. The van der Waals surface area contributed by atoms with Crippen molar-refractivity contribution in [3.05, 3.63) is 17.0 Å². The molecule has 102 valence electrons. The molecule has 2 N–H and O–H groups in total. The third-order valence-corrected chi connectivity index (χ3v) is 2.42. The molecule has 1 heterocycles. The molecule has 1 rings (SSSR count). The smallest absolute Gasteiger partial charge is 0.391 e. The zero-order valence-corrected chi connectivity index (χ0v) is 10.5. The van der Waals surface area contributed by atoms with E-state index in [9.17, 15) is 18.3 Å². The van der Waals surface area contributed by atoms with E-state index in [1.165, 1.54) is 0 Å². The standard InChI is InChI=1S/C10H13ClF3N3O/c1-5(2)6(18)4-15-8-3-7(10(12,13)14)16-9(11)17-8/h3,5-6,18H,4H2,1-2H3,(H,15,16,17). The van der Waals surface area contributed by atoms with Gasteiger partial charge in [0, 0.05) is 12.6 Å². The van der Waals surface area contributed by atoms with E-state index in [0.29, 0.717) is 0 Å². The lowest BCUT2D eigenvalue weighted by atomic mass is 10.1. The number of rotatable bonds is 4. The Balaban J connectivity index is 2.81. The minimum absolute atomic E-state index is 0.0168. The van der Waals surface area contributed by atoms with Gasteiger partial charge in [-0.3, -0.25) is 0 Å². The Hall–Kier alpha value is -1.08. The van der Waals surface area contributed by atoms with Crippen molar-refractivity contribution in [2.75, 3.05) is 11.9 Å². The Morgan fingerprint density at radius 1 is 1.39 bits per heavy atom. The van der Waals surface area contributed by atoms with Crippen LogP contribution in [0.1, 0.15) is 19.5 Å². The van der Waals surface area contributed by atoms with Crippen LogP contribution < -0.4 is 5.32 Å². The van der Waals surface area contributed by atoms with Crippen LogP contribution in [0, 0.1) is 5.92 Å². The highest BCUT2D eigenvalue weighted by molar-refractivity contribution is 6.28. The summed E-state index contributed by atoms with van der Waals surface area (Å²) < 4.78 is 37.3. The first kappa shape index (κ1) is 15.0. The van der Waals surface area contributed by atoms with E-state index in [0.717, 1.165) is 6.07 Å². The maximum absolute atomic E-state index is 12.4. The number of aliphatic hydroxyl groups excluding tert-OH is 1. The van der Waals surface area contributed by atoms with Gasteiger partial charge in [0.2, 0.25) is 5.28 Å². The van der Waals surface area contributed by atoms with Gasteiger partial charge in [-0.25, -0.2) is 9.97 Å². The molecule has 0 aliphatic heterocycles. The Kier molecular flexibility index (Phi) is 4.75. The molecule has 1 aromatic rings. The van der Waals surface area contributed by atoms with E-state index in [4.69, 9.17) is 11.6 Å². The molecule has 1 atom stereocenters. The highest BCUT2D eigenvalue weighted by Gasteiger charge is 2.33. The van der Waals surface area contributed by atoms with Gasteiger partial charge >= 0.3 is 6.18 Å². The van der Waals surface area contributed by atoms with Gasteiger partial charge in [0.25, 0.3) is 0 Å². The quantitative estimate of drug-likeness (QED) is 0.834.